The molecule has 76 valence electrons. The molecule has 1 rings (SSSR count). The van der Waals surface area contributed by atoms with Crippen molar-refractivity contribution in [1.82, 2.24) is 0 Å². The number of thioether (sulfide) groups is 1. The molecule has 0 saturated carbocycles. The lowest BCUT2D eigenvalue weighted by Gasteiger charge is -2.20. The number of hydrogen-bond acceptors (Lipinski definition) is 2. The Balaban J connectivity index is 3.01. The maximum absolute atomic E-state index is 12.0. The molecule has 0 amide bonds. The van der Waals surface area contributed by atoms with Gasteiger partial charge in [0.2, 0.25) is 0 Å². The molecular weight excluding hydrogens is 216 g/mol. The molecule has 0 spiro atoms. The highest BCUT2D eigenvalue weighted by Crippen LogP contribution is 2.26. The van der Waals surface area contributed by atoms with E-state index in [2.05, 4.69) is 0 Å². The van der Waals surface area contributed by atoms with Crippen molar-refractivity contribution < 1.29 is 4.79 Å². The van der Waals surface area contributed by atoms with Gasteiger partial charge in [-0.2, -0.15) is 11.8 Å². The number of carbonyl (C=O) groups excluding carboxylic acids is 1. The standard InChI is InChI=1S/C11H13ClOS/c1-11(2,14-3)10(13)8-5-4-6-9(12)7-8/h4-7H,1-3H3. The Morgan fingerprint density at radius 3 is 2.57 bits per heavy atom. The van der Waals surface area contributed by atoms with Crippen LogP contribution in [-0.4, -0.2) is 16.8 Å². The van der Waals surface area contributed by atoms with Crippen LogP contribution in [0.4, 0.5) is 0 Å². The molecule has 3 heteroatoms. The summed E-state index contributed by atoms with van der Waals surface area (Å²) < 4.78 is -0.384. The molecule has 0 heterocycles. The maximum atomic E-state index is 12.0. The van der Waals surface area contributed by atoms with Crippen molar-refractivity contribution in [3.8, 4) is 0 Å². The predicted molar refractivity (Wildman–Crippen MR) is 63.4 cm³/mol. The van der Waals surface area contributed by atoms with E-state index in [4.69, 9.17) is 11.6 Å². The van der Waals surface area contributed by atoms with Crippen molar-refractivity contribution in [1.29, 1.82) is 0 Å². The monoisotopic (exact) mass is 228 g/mol. The number of Topliss-reactive ketones (excluding diaryl/α,β-unsaturated/α-hetero) is 1. The molecule has 0 bridgehead atoms. The first-order valence-corrected chi connectivity index (χ1v) is 5.93. The number of hydrogen-bond donors (Lipinski definition) is 0. The lowest BCUT2D eigenvalue weighted by atomic mass is 10.0. The third-order valence-electron chi connectivity index (χ3n) is 2.14. The Hall–Kier alpha value is -0.470. The second-order valence-corrected chi connectivity index (χ2v) is 5.42. The van der Waals surface area contributed by atoms with Crippen LogP contribution in [-0.2, 0) is 0 Å². The van der Waals surface area contributed by atoms with Crippen molar-refractivity contribution in [3.05, 3.63) is 34.9 Å². The predicted octanol–water partition coefficient (Wildman–Crippen LogP) is 3.66. The first kappa shape index (κ1) is 11.6. The third-order valence-corrected chi connectivity index (χ3v) is 3.59. The van der Waals surface area contributed by atoms with E-state index in [1.807, 2.05) is 20.1 Å². The molecule has 0 N–H and O–H groups in total. The van der Waals surface area contributed by atoms with Gasteiger partial charge in [-0.3, -0.25) is 4.79 Å². The van der Waals surface area contributed by atoms with E-state index in [1.54, 1.807) is 36.0 Å². The number of rotatable bonds is 3. The Bertz CT molecular complexity index is 347. The fourth-order valence-electron chi connectivity index (χ4n) is 1.07. The molecule has 0 aliphatic rings. The van der Waals surface area contributed by atoms with Crippen molar-refractivity contribution in [2.45, 2.75) is 18.6 Å². The summed E-state index contributed by atoms with van der Waals surface area (Å²) >= 11 is 7.37. The van der Waals surface area contributed by atoms with Gasteiger partial charge in [-0.25, -0.2) is 0 Å². The van der Waals surface area contributed by atoms with Crippen LogP contribution in [0, 0.1) is 0 Å². The summed E-state index contributed by atoms with van der Waals surface area (Å²) in [4.78, 5) is 12.0. The summed E-state index contributed by atoms with van der Waals surface area (Å²) in [5.41, 5.74) is 0.678. The molecule has 0 aliphatic heterocycles. The summed E-state index contributed by atoms with van der Waals surface area (Å²) in [5.74, 6) is 0.118. The number of ketones is 1. The van der Waals surface area contributed by atoms with Crippen LogP contribution in [0.2, 0.25) is 5.02 Å². The van der Waals surface area contributed by atoms with Crippen molar-refractivity contribution in [2.24, 2.45) is 0 Å². The Morgan fingerprint density at radius 2 is 2.07 bits per heavy atom. The minimum Gasteiger partial charge on any atom is -0.293 e. The smallest absolute Gasteiger partial charge is 0.178 e. The van der Waals surface area contributed by atoms with E-state index >= 15 is 0 Å². The molecule has 0 saturated heterocycles. The van der Waals surface area contributed by atoms with Gasteiger partial charge in [0.05, 0.1) is 4.75 Å². The van der Waals surface area contributed by atoms with Crippen molar-refractivity contribution in [2.75, 3.05) is 6.26 Å². The maximum Gasteiger partial charge on any atom is 0.178 e. The third kappa shape index (κ3) is 2.52. The SMILES string of the molecule is CSC(C)(C)C(=O)c1cccc(Cl)c1. The lowest BCUT2D eigenvalue weighted by Crippen LogP contribution is -2.27. The van der Waals surface area contributed by atoms with Gasteiger partial charge < -0.3 is 0 Å². The lowest BCUT2D eigenvalue weighted by molar-refractivity contribution is 0.0958. The van der Waals surface area contributed by atoms with Gasteiger partial charge in [0, 0.05) is 10.6 Å². The highest BCUT2D eigenvalue weighted by Gasteiger charge is 2.27. The van der Waals surface area contributed by atoms with Gasteiger partial charge in [0.25, 0.3) is 0 Å². The van der Waals surface area contributed by atoms with Crippen LogP contribution in [0.1, 0.15) is 24.2 Å². The molecule has 14 heavy (non-hydrogen) atoms. The fraction of sp³-hybridized carbons (Fsp3) is 0.364. The van der Waals surface area contributed by atoms with E-state index < -0.39 is 0 Å². The normalized spacial score (nSPS) is 11.4. The zero-order valence-corrected chi connectivity index (χ0v) is 10.1. The topological polar surface area (TPSA) is 17.1 Å². The summed E-state index contributed by atoms with van der Waals surface area (Å²) in [6.07, 6.45) is 1.93. The zero-order chi connectivity index (χ0) is 10.8. The largest absolute Gasteiger partial charge is 0.293 e. The van der Waals surface area contributed by atoms with Crippen LogP contribution in [0.3, 0.4) is 0 Å². The van der Waals surface area contributed by atoms with Crippen LogP contribution >= 0.6 is 23.4 Å². The molecule has 1 nitrogen and oxygen atoms in total. The minimum atomic E-state index is -0.384. The average molecular weight is 229 g/mol. The van der Waals surface area contributed by atoms with E-state index in [1.165, 1.54) is 0 Å². The van der Waals surface area contributed by atoms with Gasteiger partial charge in [-0.15, -0.1) is 0 Å². The molecule has 0 aromatic heterocycles. The van der Waals surface area contributed by atoms with Gasteiger partial charge in [0.1, 0.15) is 0 Å². The Kier molecular flexibility index (Phi) is 3.62. The van der Waals surface area contributed by atoms with Crippen LogP contribution < -0.4 is 0 Å². The molecule has 0 fully saturated rings. The zero-order valence-electron chi connectivity index (χ0n) is 8.50. The molecule has 1 aromatic carbocycles. The quantitative estimate of drug-likeness (QED) is 0.735. The van der Waals surface area contributed by atoms with Gasteiger partial charge in [-0.1, -0.05) is 23.7 Å². The molecule has 0 radical (unpaired) electrons. The van der Waals surface area contributed by atoms with Crippen molar-refractivity contribution in [3.63, 3.8) is 0 Å². The van der Waals surface area contributed by atoms with E-state index in [9.17, 15) is 4.79 Å². The molecule has 1 aromatic rings. The Morgan fingerprint density at radius 1 is 1.43 bits per heavy atom. The number of carbonyl (C=O) groups is 1. The van der Waals surface area contributed by atoms with Crippen LogP contribution in [0.5, 0.6) is 0 Å². The van der Waals surface area contributed by atoms with E-state index in [-0.39, 0.29) is 10.5 Å². The molecular formula is C11H13ClOS. The molecule has 0 atom stereocenters. The summed E-state index contributed by atoms with van der Waals surface area (Å²) in [6, 6.07) is 7.07. The summed E-state index contributed by atoms with van der Waals surface area (Å²) in [6.45, 7) is 3.84. The average Bonchev–Trinajstić information content (AvgIpc) is 2.16. The van der Waals surface area contributed by atoms with E-state index in [0.717, 1.165) is 0 Å². The molecule has 0 aliphatic carbocycles. The van der Waals surface area contributed by atoms with Gasteiger partial charge in [-0.05, 0) is 32.2 Å². The Labute approximate surface area is 93.8 Å². The van der Waals surface area contributed by atoms with Crippen molar-refractivity contribution >= 4 is 29.1 Å². The second kappa shape index (κ2) is 4.37. The summed E-state index contributed by atoms with van der Waals surface area (Å²) in [7, 11) is 0. The second-order valence-electron chi connectivity index (χ2n) is 3.55. The van der Waals surface area contributed by atoms with Gasteiger partial charge >= 0.3 is 0 Å². The first-order valence-electron chi connectivity index (χ1n) is 4.33. The first-order chi connectivity index (χ1) is 6.47. The van der Waals surface area contributed by atoms with Gasteiger partial charge in [0.15, 0.2) is 5.78 Å². The number of halogens is 1. The fourth-order valence-corrected chi connectivity index (χ4v) is 1.56. The van der Waals surface area contributed by atoms with Crippen LogP contribution in [0.15, 0.2) is 24.3 Å². The van der Waals surface area contributed by atoms with Crippen LogP contribution in [0.25, 0.3) is 0 Å². The van der Waals surface area contributed by atoms with E-state index in [0.29, 0.717) is 10.6 Å². The highest BCUT2D eigenvalue weighted by atomic mass is 35.5. The minimum absolute atomic E-state index is 0.118. The highest BCUT2D eigenvalue weighted by molar-refractivity contribution is 8.00. The summed E-state index contributed by atoms with van der Waals surface area (Å²) in [5, 5.41) is 0.604. The number of benzene rings is 1. The molecule has 0 unspecified atom stereocenters.